The van der Waals surface area contributed by atoms with Crippen LogP contribution in [-0.2, 0) is 9.53 Å². The number of methoxy groups -OCH3 is 1. The first kappa shape index (κ1) is 20.6. The van der Waals surface area contributed by atoms with E-state index in [-0.39, 0.29) is 23.0 Å². The van der Waals surface area contributed by atoms with Crippen LogP contribution < -0.4 is 16.0 Å². The van der Waals surface area contributed by atoms with Crippen LogP contribution in [0.4, 0.5) is 4.39 Å². The zero-order chi connectivity index (χ0) is 22.3. The Balaban J connectivity index is 2.03. The summed E-state index contributed by atoms with van der Waals surface area (Å²) in [7, 11) is 1.28. The van der Waals surface area contributed by atoms with Gasteiger partial charge in [0.15, 0.2) is 0 Å². The summed E-state index contributed by atoms with van der Waals surface area (Å²) < 4.78 is 26.3. The molecule has 3 aromatic rings. The predicted molar refractivity (Wildman–Crippen MR) is 112 cm³/mol. The molecule has 1 heterocycles. The molecule has 1 atom stereocenters. The van der Waals surface area contributed by atoms with Crippen LogP contribution in [0.25, 0.3) is 21.9 Å². The molecule has 0 radical (unpaired) electrons. The van der Waals surface area contributed by atoms with Crippen LogP contribution in [0.15, 0.2) is 47.3 Å². The van der Waals surface area contributed by atoms with Crippen LogP contribution in [0.5, 0.6) is 5.75 Å². The smallest absolute Gasteiger partial charge is 0.290 e. The lowest BCUT2D eigenvalue weighted by atomic mass is 9.96. The molecule has 0 aliphatic heterocycles. The maximum absolute atomic E-state index is 14.0. The molecule has 2 N–H and O–H groups in total. The average molecular weight is 421 g/mol. The molecule has 158 valence electrons. The lowest BCUT2D eigenvalue weighted by molar-refractivity contribution is -0.175. The monoisotopic (exact) mass is 421 g/mol. The zero-order valence-corrected chi connectivity index (χ0v) is 17.0. The maximum atomic E-state index is 14.0. The Hall–Kier alpha value is -3.70. The van der Waals surface area contributed by atoms with Crippen molar-refractivity contribution in [1.29, 1.82) is 5.26 Å². The number of carbonyl (C=O) groups excluding carboxylic acids is 1. The van der Waals surface area contributed by atoms with Crippen molar-refractivity contribution in [2.75, 3.05) is 7.11 Å². The number of nitrogens with zero attached hydrogens (tertiary/aromatic N) is 2. The van der Waals surface area contributed by atoms with E-state index in [9.17, 15) is 19.2 Å². The topological polar surface area (TPSA) is 107 Å². The number of ether oxygens (including phenoxy) is 2. The summed E-state index contributed by atoms with van der Waals surface area (Å²) in [5.74, 6) is -2.82. The van der Waals surface area contributed by atoms with Crippen LogP contribution in [0.1, 0.15) is 31.5 Å². The molecule has 1 saturated carbocycles. The standard InChI is InChI=1S/C23H20FN3O4/c1-23(30-2,22(26)29)31-16-8-9-17-18(11-16)20(13-4-3-5-14(24)10-13)19(12-25)27(21(17)28)15-6-7-15/h3-5,8-11,15H,6-7H2,1-2H3,(H2,26,29). The molecule has 1 aliphatic rings. The van der Waals surface area contributed by atoms with Crippen molar-refractivity contribution in [3.63, 3.8) is 0 Å². The van der Waals surface area contributed by atoms with Gasteiger partial charge in [-0.3, -0.25) is 14.2 Å². The molecule has 0 spiro atoms. The zero-order valence-electron chi connectivity index (χ0n) is 17.0. The van der Waals surface area contributed by atoms with E-state index >= 15 is 0 Å². The van der Waals surface area contributed by atoms with Crippen molar-refractivity contribution >= 4 is 16.7 Å². The summed E-state index contributed by atoms with van der Waals surface area (Å²) in [6.07, 6.45) is 1.60. The Bertz CT molecular complexity index is 1310. The molecule has 31 heavy (non-hydrogen) atoms. The van der Waals surface area contributed by atoms with E-state index in [1.807, 2.05) is 0 Å². The van der Waals surface area contributed by atoms with E-state index < -0.39 is 17.5 Å². The quantitative estimate of drug-likeness (QED) is 0.615. The number of nitriles is 1. The van der Waals surface area contributed by atoms with E-state index in [0.717, 1.165) is 12.8 Å². The van der Waals surface area contributed by atoms with Gasteiger partial charge in [-0.05, 0) is 48.7 Å². The number of benzene rings is 2. The second-order valence-electron chi connectivity index (χ2n) is 7.58. The van der Waals surface area contributed by atoms with E-state index in [0.29, 0.717) is 21.9 Å². The average Bonchev–Trinajstić information content (AvgIpc) is 3.58. The number of pyridine rings is 1. The van der Waals surface area contributed by atoms with E-state index in [2.05, 4.69) is 6.07 Å². The van der Waals surface area contributed by atoms with Gasteiger partial charge in [-0.1, -0.05) is 12.1 Å². The van der Waals surface area contributed by atoms with Gasteiger partial charge in [-0.15, -0.1) is 0 Å². The summed E-state index contributed by atoms with van der Waals surface area (Å²) in [5, 5.41) is 10.7. The van der Waals surface area contributed by atoms with E-state index in [1.54, 1.807) is 18.2 Å². The molecular weight excluding hydrogens is 401 g/mol. The number of hydrogen-bond acceptors (Lipinski definition) is 5. The molecule has 0 bridgehead atoms. The number of nitrogens with two attached hydrogens (primary N) is 1. The minimum Gasteiger partial charge on any atom is -0.453 e. The Labute approximate surface area is 177 Å². The third-order valence-corrected chi connectivity index (χ3v) is 5.47. The first-order chi connectivity index (χ1) is 14.8. The molecule has 0 saturated heterocycles. The van der Waals surface area contributed by atoms with Gasteiger partial charge < -0.3 is 15.2 Å². The number of halogens is 1. The van der Waals surface area contributed by atoms with Crippen molar-refractivity contribution in [2.24, 2.45) is 5.73 Å². The van der Waals surface area contributed by atoms with Crippen LogP contribution in [0, 0.1) is 17.1 Å². The number of fused-ring (bicyclic) bond motifs is 1. The summed E-state index contributed by atoms with van der Waals surface area (Å²) in [6, 6.07) is 12.5. The number of hydrogen-bond donors (Lipinski definition) is 1. The number of primary amides is 1. The highest BCUT2D eigenvalue weighted by Crippen LogP contribution is 2.40. The summed E-state index contributed by atoms with van der Waals surface area (Å²) >= 11 is 0. The molecule has 1 aliphatic carbocycles. The Kier molecular flexibility index (Phi) is 4.99. The fraction of sp³-hybridized carbons (Fsp3) is 0.261. The number of amides is 1. The van der Waals surface area contributed by atoms with Crippen LogP contribution in [0.3, 0.4) is 0 Å². The summed E-state index contributed by atoms with van der Waals surface area (Å²) in [6.45, 7) is 1.37. The molecular formula is C23H20FN3O4. The fourth-order valence-electron chi connectivity index (χ4n) is 3.60. The van der Waals surface area contributed by atoms with Gasteiger partial charge in [0.25, 0.3) is 17.3 Å². The highest BCUT2D eigenvalue weighted by Gasteiger charge is 2.34. The highest BCUT2D eigenvalue weighted by molar-refractivity contribution is 5.99. The van der Waals surface area contributed by atoms with Gasteiger partial charge in [0.1, 0.15) is 23.3 Å². The number of aromatic nitrogens is 1. The van der Waals surface area contributed by atoms with Gasteiger partial charge in [0, 0.05) is 36.4 Å². The second-order valence-corrected chi connectivity index (χ2v) is 7.58. The number of rotatable bonds is 6. The van der Waals surface area contributed by atoms with Gasteiger partial charge in [0.05, 0.1) is 0 Å². The van der Waals surface area contributed by atoms with Crippen LogP contribution in [0.2, 0.25) is 0 Å². The van der Waals surface area contributed by atoms with Crippen molar-refractivity contribution in [1.82, 2.24) is 4.57 Å². The molecule has 2 aromatic carbocycles. The molecule has 1 aromatic heterocycles. The molecule has 1 unspecified atom stereocenters. The van der Waals surface area contributed by atoms with Crippen molar-refractivity contribution in [3.8, 4) is 22.9 Å². The lowest BCUT2D eigenvalue weighted by Gasteiger charge is -2.25. The van der Waals surface area contributed by atoms with Crippen molar-refractivity contribution in [2.45, 2.75) is 31.6 Å². The third kappa shape index (κ3) is 3.53. The van der Waals surface area contributed by atoms with Crippen molar-refractivity contribution < 1.29 is 18.7 Å². The minimum atomic E-state index is -1.73. The van der Waals surface area contributed by atoms with Crippen LogP contribution in [-0.4, -0.2) is 23.4 Å². The van der Waals surface area contributed by atoms with E-state index in [1.165, 1.54) is 42.9 Å². The Morgan fingerprint density at radius 2 is 2.00 bits per heavy atom. The molecule has 8 heteroatoms. The summed E-state index contributed by atoms with van der Waals surface area (Å²) in [5.41, 5.74) is 6.12. The minimum absolute atomic E-state index is 0.0542. The van der Waals surface area contributed by atoms with Gasteiger partial charge >= 0.3 is 0 Å². The maximum Gasteiger partial charge on any atom is 0.290 e. The first-order valence-corrected chi connectivity index (χ1v) is 9.71. The SMILES string of the molecule is COC(C)(Oc1ccc2c(=O)n(C3CC3)c(C#N)c(-c3cccc(F)c3)c2c1)C(N)=O. The summed E-state index contributed by atoms with van der Waals surface area (Å²) in [4.78, 5) is 25.0. The molecule has 1 amide bonds. The van der Waals surface area contributed by atoms with Gasteiger partial charge in [-0.2, -0.15) is 5.26 Å². The molecule has 4 rings (SSSR count). The van der Waals surface area contributed by atoms with Gasteiger partial charge in [0.2, 0.25) is 0 Å². The molecule has 7 nitrogen and oxygen atoms in total. The van der Waals surface area contributed by atoms with Crippen LogP contribution >= 0.6 is 0 Å². The Morgan fingerprint density at radius 3 is 2.58 bits per heavy atom. The second kappa shape index (κ2) is 7.52. The largest absolute Gasteiger partial charge is 0.453 e. The number of carbonyl (C=O) groups is 1. The predicted octanol–water partition coefficient (Wildman–Crippen LogP) is 3.24. The first-order valence-electron chi connectivity index (χ1n) is 9.71. The lowest BCUT2D eigenvalue weighted by Crippen LogP contribution is -2.47. The normalized spacial score (nSPS) is 15.3. The molecule has 1 fully saturated rings. The highest BCUT2D eigenvalue weighted by atomic mass is 19.1. The van der Waals surface area contributed by atoms with E-state index in [4.69, 9.17) is 15.2 Å². The van der Waals surface area contributed by atoms with Crippen molar-refractivity contribution in [3.05, 3.63) is 64.3 Å². The Morgan fingerprint density at radius 1 is 1.26 bits per heavy atom. The van der Waals surface area contributed by atoms with Gasteiger partial charge in [-0.25, -0.2) is 4.39 Å². The third-order valence-electron chi connectivity index (χ3n) is 5.47. The fourth-order valence-corrected chi connectivity index (χ4v) is 3.60.